The normalized spacial score (nSPS) is 12.2. The zero-order chi connectivity index (χ0) is 23.2. The molecule has 170 valence electrons. The summed E-state index contributed by atoms with van der Waals surface area (Å²) >= 11 is 0. The molecule has 33 heavy (non-hydrogen) atoms. The zero-order valence-corrected chi connectivity index (χ0v) is 18.9. The largest absolute Gasteiger partial charge is 0.494 e. The highest BCUT2D eigenvalue weighted by Gasteiger charge is 2.30. The van der Waals surface area contributed by atoms with Crippen molar-refractivity contribution in [3.05, 3.63) is 89.5 Å². The fourth-order valence-corrected chi connectivity index (χ4v) is 4.50. The Balaban J connectivity index is 1.28. The highest BCUT2D eigenvalue weighted by atomic mass is 16.5. The predicted octanol–water partition coefficient (Wildman–Crippen LogP) is 6.23. The van der Waals surface area contributed by atoms with Crippen molar-refractivity contribution in [3.63, 3.8) is 0 Å². The Morgan fingerprint density at radius 2 is 1.45 bits per heavy atom. The Kier molecular flexibility index (Phi) is 7.08. The summed E-state index contributed by atoms with van der Waals surface area (Å²) in [6.45, 7) is 3.07. The summed E-state index contributed by atoms with van der Waals surface area (Å²) in [5.74, 6) is 0.842. The number of carbonyl (C=O) groups is 2. The van der Waals surface area contributed by atoms with E-state index in [-0.39, 0.29) is 11.7 Å². The molecule has 0 aromatic heterocycles. The van der Waals surface area contributed by atoms with E-state index >= 15 is 0 Å². The second kappa shape index (κ2) is 10.3. The fraction of sp³-hybridized carbons (Fsp3) is 0.286. The second-order valence-corrected chi connectivity index (χ2v) is 8.45. The van der Waals surface area contributed by atoms with Crippen molar-refractivity contribution in [1.82, 2.24) is 4.90 Å². The molecule has 1 aliphatic carbocycles. The third-order valence-electron chi connectivity index (χ3n) is 6.24. The van der Waals surface area contributed by atoms with Gasteiger partial charge in [-0.25, -0.2) is 4.79 Å². The number of rotatable bonds is 10. The molecule has 0 heterocycles. The van der Waals surface area contributed by atoms with E-state index in [2.05, 4.69) is 24.3 Å². The average molecular weight is 444 g/mol. The van der Waals surface area contributed by atoms with Crippen LogP contribution in [-0.4, -0.2) is 41.6 Å². The standard InChI is InChI=1S/C28H29NO4/c1-20(30)21-13-15-22(16-14-21)33-18-8-2-7-17-29(28(31)32)19-27-25-11-5-3-9-23(25)24-10-4-6-12-26(24)27/h3-6,9-16,27H,2,7-8,17-19H2,1H3,(H,31,32). The predicted molar refractivity (Wildman–Crippen MR) is 129 cm³/mol. The van der Waals surface area contributed by atoms with E-state index in [1.807, 2.05) is 24.3 Å². The maximum Gasteiger partial charge on any atom is 0.407 e. The van der Waals surface area contributed by atoms with Gasteiger partial charge in [-0.2, -0.15) is 0 Å². The Hall–Kier alpha value is -3.60. The van der Waals surface area contributed by atoms with Crippen LogP contribution in [0.5, 0.6) is 5.75 Å². The van der Waals surface area contributed by atoms with E-state index in [1.54, 1.807) is 36.1 Å². The zero-order valence-electron chi connectivity index (χ0n) is 18.9. The number of fused-ring (bicyclic) bond motifs is 3. The van der Waals surface area contributed by atoms with Crippen LogP contribution in [0.25, 0.3) is 11.1 Å². The van der Waals surface area contributed by atoms with Crippen LogP contribution in [0.15, 0.2) is 72.8 Å². The van der Waals surface area contributed by atoms with E-state index < -0.39 is 6.09 Å². The number of ether oxygens (including phenoxy) is 1. The van der Waals surface area contributed by atoms with Gasteiger partial charge in [0.1, 0.15) is 5.75 Å². The van der Waals surface area contributed by atoms with Crippen LogP contribution in [0, 0.1) is 0 Å². The smallest absolute Gasteiger partial charge is 0.407 e. The second-order valence-electron chi connectivity index (χ2n) is 8.45. The van der Waals surface area contributed by atoms with Gasteiger partial charge in [0.05, 0.1) is 6.61 Å². The van der Waals surface area contributed by atoms with Crippen molar-refractivity contribution in [1.29, 1.82) is 0 Å². The van der Waals surface area contributed by atoms with Crippen LogP contribution in [-0.2, 0) is 0 Å². The van der Waals surface area contributed by atoms with E-state index in [0.29, 0.717) is 25.3 Å². The Bertz CT molecular complexity index is 1080. The molecular formula is C28H29NO4. The Morgan fingerprint density at radius 3 is 2.03 bits per heavy atom. The minimum Gasteiger partial charge on any atom is -0.494 e. The first-order valence-corrected chi connectivity index (χ1v) is 11.4. The first-order chi connectivity index (χ1) is 16.0. The molecule has 3 aromatic rings. The van der Waals surface area contributed by atoms with Gasteiger partial charge in [0.2, 0.25) is 0 Å². The maximum atomic E-state index is 12.0. The molecule has 0 saturated heterocycles. The molecule has 0 bridgehead atoms. The molecule has 0 fully saturated rings. The van der Waals surface area contributed by atoms with Gasteiger partial charge < -0.3 is 14.7 Å². The summed E-state index contributed by atoms with van der Waals surface area (Å²) in [7, 11) is 0. The van der Waals surface area contributed by atoms with Gasteiger partial charge in [-0.05, 0) is 72.7 Å². The summed E-state index contributed by atoms with van der Waals surface area (Å²) in [4.78, 5) is 24.9. The molecule has 1 N–H and O–H groups in total. The van der Waals surface area contributed by atoms with E-state index in [0.717, 1.165) is 25.0 Å². The topological polar surface area (TPSA) is 66.8 Å². The van der Waals surface area contributed by atoms with Gasteiger partial charge in [0.15, 0.2) is 5.78 Å². The molecule has 0 atom stereocenters. The average Bonchev–Trinajstić information content (AvgIpc) is 3.14. The fourth-order valence-electron chi connectivity index (χ4n) is 4.50. The number of hydrogen-bond donors (Lipinski definition) is 1. The number of nitrogens with zero attached hydrogens (tertiary/aromatic N) is 1. The van der Waals surface area contributed by atoms with Gasteiger partial charge in [0, 0.05) is 24.6 Å². The lowest BCUT2D eigenvalue weighted by Crippen LogP contribution is -2.34. The monoisotopic (exact) mass is 443 g/mol. The van der Waals surface area contributed by atoms with Gasteiger partial charge in [-0.3, -0.25) is 4.79 Å². The minimum atomic E-state index is -0.876. The quantitative estimate of drug-likeness (QED) is 0.298. The van der Waals surface area contributed by atoms with Gasteiger partial charge >= 0.3 is 6.09 Å². The molecule has 5 nitrogen and oxygen atoms in total. The number of amides is 1. The number of carbonyl (C=O) groups excluding carboxylic acids is 1. The molecule has 0 aliphatic heterocycles. The summed E-state index contributed by atoms with van der Waals surface area (Å²) in [6, 6.07) is 23.7. The van der Waals surface area contributed by atoms with Crippen LogP contribution in [0.4, 0.5) is 4.79 Å². The number of carboxylic acid groups (broad SMARTS) is 1. The minimum absolute atomic E-state index is 0.0362. The summed E-state index contributed by atoms with van der Waals surface area (Å²) in [6.07, 6.45) is 1.64. The van der Waals surface area contributed by atoms with Crippen molar-refractivity contribution < 1.29 is 19.4 Å². The van der Waals surface area contributed by atoms with Crippen molar-refractivity contribution in [2.75, 3.05) is 19.7 Å². The highest BCUT2D eigenvalue weighted by molar-refractivity contribution is 5.94. The molecule has 3 aromatic carbocycles. The van der Waals surface area contributed by atoms with Crippen molar-refractivity contribution >= 4 is 11.9 Å². The molecular weight excluding hydrogens is 414 g/mol. The Morgan fingerprint density at radius 1 is 0.848 bits per heavy atom. The number of Topliss-reactive ketones (excluding diaryl/α,β-unsaturated/α-hetero) is 1. The van der Waals surface area contributed by atoms with Crippen LogP contribution in [0.2, 0.25) is 0 Å². The lowest BCUT2D eigenvalue weighted by Gasteiger charge is -2.24. The lowest BCUT2D eigenvalue weighted by atomic mass is 9.96. The SMILES string of the molecule is CC(=O)c1ccc(OCCCCCN(CC2c3ccccc3-c3ccccc32)C(=O)O)cc1. The van der Waals surface area contributed by atoms with Gasteiger partial charge in [-0.15, -0.1) is 0 Å². The molecule has 0 spiro atoms. The van der Waals surface area contributed by atoms with E-state index in [1.165, 1.54) is 22.3 Å². The summed E-state index contributed by atoms with van der Waals surface area (Å²) in [5, 5.41) is 9.82. The summed E-state index contributed by atoms with van der Waals surface area (Å²) < 4.78 is 5.74. The molecule has 5 heteroatoms. The van der Waals surface area contributed by atoms with E-state index in [4.69, 9.17) is 4.74 Å². The molecule has 0 radical (unpaired) electrons. The van der Waals surface area contributed by atoms with Crippen LogP contribution < -0.4 is 4.74 Å². The van der Waals surface area contributed by atoms with Crippen LogP contribution in [0.1, 0.15) is 53.6 Å². The lowest BCUT2D eigenvalue weighted by molar-refractivity contribution is 0.101. The first-order valence-electron chi connectivity index (χ1n) is 11.4. The number of benzene rings is 3. The number of unbranched alkanes of at least 4 members (excludes halogenated alkanes) is 2. The van der Waals surface area contributed by atoms with E-state index in [9.17, 15) is 14.7 Å². The highest BCUT2D eigenvalue weighted by Crippen LogP contribution is 2.44. The number of hydrogen-bond acceptors (Lipinski definition) is 3. The van der Waals surface area contributed by atoms with Crippen molar-refractivity contribution in [2.24, 2.45) is 0 Å². The Labute approximate surface area is 194 Å². The third kappa shape index (κ3) is 5.25. The van der Waals surface area contributed by atoms with Crippen LogP contribution in [0.3, 0.4) is 0 Å². The maximum absolute atomic E-state index is 12.0. The molecule has 0 saturated carbocycles. The molecule has 1 amide bonds. The molecule has 0 unspecified atom stereocenters. The summed E-state index contributed by atoms with van der Waals surface area (Å²) in [5.41, 5.74) is 5.49. The first kappa shape index (κ1) is 22.6. The van der Waals surface area contributed by atoms with Gasteiger partial charge in [-0.1, -0.05) is 48.5 Å². The van der Waals surface area contributed by atoms with Crippen molar-refractivity contribution in [2.45, 2.75) is 32.1 Å². The number of ketones is 1. The molecule has 4 rings (SSSR count). The molecule has 1 aliphatic rings. The van der Waals surface area contributed by atoms with Crippen LogP contribution >= 0.6 is 0 Å². The van der Waals surface area contributed by atoms with Crippen molar-refractivity contribution in [3.8, 4) is 16.9 Å². The third-order valence-corrected chi connectivity index (χ3v) is 6.24. The van der Waals surface area contributed by atoms with Gasteiger partial charge in [0.25, 0.3) is 0 Å².